The fourth-order valence-corrected chi connectivity index (χ4v) is 2.94. The van der Waals surface area contributed by atoms with Crippen LogP contribution in [0.15, 0.2) is 30.3 Å². The van der Waals surface area contributed by atoms with E-state index in [1.54, 1.807) is 6.92 Å². The molecule has 24 heavy (non-hydrogen) atoms. The minimum absolute atomic E-state index is 0. The number of nitrogens with two attached hydrogens (primary N) is 1. The van der Waals surface area contributed by atoms with Crippen LogP contribution in [-0.2, 0) is 15.1 Å². The van der Waals surface area contributed by atoms with Crippen LogP contribution >= 0.6 is 12.4 Å². The Bertz CT molecular complexity index is 528. The van der Waals surface area contributed by atoms with Gasteiger partial charge in [-0.05, 0) is 25.3 Å². The first kappa shape index (κ1) is 20.5. The Morgan fingerprint density at radius 3 is 2.42 bits per heavy atom. The highest BCUT2D eigenvalue weighted by Crippen LogP contribution is 2.18. The minimum Gasteiger partial charge on any atom is -0.354 e. The lowest BCUT2D eigenvalue weighted by Crippen LogP contribution is -2.49. The molecule has 1 unspecified atom stereocenters. The lowest BCUT2D eigenvalue weighted by molar-refractivity contribution is -0.126. The molecule has 0 aromatic heterocycles. The highest BCUT2D eigenvalue weighted by molar-refractivity contribution is 5.87. The average Bonchev–Trinajstić information content (AvgIpc) is 2.56. The Kier molecular flexibility index (Phi) is 8.22. The van der Waals surface area contributed by atoms with Crippen molar-refractivity contribution in [3.63, 3.8) is 0 Å². The second-order valence-corrected chi connectivity index (χ2v) is 6.48. The summed E-state index contributed by atoms with van der Waals surface area (Å²) < 4.78 is 0. The van der Waals surface area contributed by atoms with E-state index in [-0.39, 0.29) is 30.6 Å². The monoisotopic (exact) mass is 353 g/mol. The Labute approximate surface area is 150 Å². The van der Waals surface area contributed by atoms with Crippen LogP contribution in [0.25, 0.3) is 0 Å². The second kappa shape index (κ2) is 9.64. The number of hydrogen-bond acceptors (Lipinski definition) is 3. The summed E-state index contributed by atoms with van der Waals surface area (Å²) in [6, 6.07) is 9.55. The Balaban J connectivity index is 0.00000288. The predicted molar refractivity (Wildman–Crippen MR) is 97.9 cm³/mol. The van der Waals surface area contributed by atoms with Crippen molar-refractivity contribution in [2.24, 2.45) is 5.73 Å². The number of halogens is 1. The van der Waals surface area contributed by atoms with Gasteiger partial charge in [0.15, 0.2) is 0 Å². The minimum atomic E-state index is -1.10. The smallest absolute Gasteiger partial charge is 0.244 e. The molecule has 2 amide bonds. The molecule has 1 aromatic carbocycles. The first-order valence-corrected chi connectivity index (χ1v) is 8.42. The van der Waals surface area contributed by atoms with Gasteiger partial charge >= 0.3 is 0 Å². The van der Waals surface area contributed by atoms with Crippen molar-refractivity contribution in [2.45, 2.75) is 57.0 Å². The average molecular weight is 354 g/mol. The van der Waals surface area contributed by atoms with Gasteiger partial charge in [0, 0.05) is 19.0 Å². The second-order valence-electron chi connectivity index (χ2n) is 6.48. The number of nitrogens with one attached hydrogen (secondary N) is 2. The molecule has 4 N–H and O–H groups in total. The molecule has 1 atom stereocenters. The van der Waals surface area contributed by atoms with Crippen molar-refractivity contribution in [3.8, 4) is 0 Å². The highest BCUT2D eigenvalue weighted by atomic mass is 35.5. The quantitative estimate of drug-likeness (QED) is 0.733. The summed E-state index contributed by atoms with van der Waals surface area (Å²) in [6.07, 6.45) is 6.04. The molecule has 0 spiro atoms. The van der Waals surface area contributed by atoms with Crippen LogP contribution in [0.5, 0.6) is 0 Å². The number of hydrogen-bond donors (Lipinski definition) is 3. The van der Waals surface area contributed by atoms with E-state index in [1.165, 1.54) is 19.3 Å². The SMILES string of the molecule is CC(N)(C(=O)NCCC(=O)NC1CCCCC1)c1ccccc1.Cl. The number of benzene rings is 1. The van der Waals surface area contributed by atoms with Gasteiger partial charge in [-0.15, -0.1) is 12.4 Å². The molecule has 1 fully saturated rings. The topological polar surface area (TPSA) is 84.2 Å². The van der Waals surface area contributed by atoms with Crippen LogP contribution < -0.4 is 16.4 Å². The summed E-state index contributed by atoms with van der Waals surface area (Å²) in [5.74, 6) is -0.273. The van der Waals surface area contributed by atoms with Gasteiger partial charge in [-0.1, -0.05) is 49.6 Å². The summed E-state index contributed by atoms with van der Waals surface area (Å²) in [6.45, 7) is 1.98. The van der Waals surface area contributed by atoms with Crippen LogP contribution in [-0.4, -0.2) is 24.4 Å². The van der Waals surface area contributed by atoms with Gasteiger partial charge in [0.05, 0.1) is 0 Å². The number of carbonyl (C=O) groups excluding carboxylic acids is 2. The number of carbonyl (C=O) groups is 2. The molecule has 2 rings (SSSR count). The molecule has 6 heteroatoms. The van der Waals surface area contributed by atoms with Crippen LogP contribution in [0.3, 0.4) is 0 Å². The van der Waals surface area contributed by atoms with Crippen molar-refractivity contribution in [2.75, 3.05) is 6.54 Å². The first-order chi connectivity index (χ1) is 11.0. The van der Waals surface area contributed by atoms with Crippen molar-refractivity contribution in [3.05, 3.63) is 35.9 Å². The van der Waals surface area contributed by atoms with Gasteiger partial charge in [0.2, 0.25) is 11.8 Å². The molecular formula is C18H28ClN3O2. The Morgan fingerprint density at radius 2 is 1.79 bits per heavy atom. The first-order valence-electron chi connectivity index (χ1n) is 8.42. The van der Waals surface area contributed by atoms with Gasteiger partial charge in [-0.25, -0.2) is 0 Å². The van der Waals surface area contributed by atoms with Gasteiger partial charge in [0.1, 0.15) is 5.54 Å². The molecule has 1 aliphatic rings. The van der Waals surface area contributed by atoms with Gasteiger partial charge in [-0.2, -0.15) is 0 Å². The zero-order valence-corrected chi connectivity index (χ0v) is 15.0. The fourth-order valence-electron chi connectivity index (χ4n) is 2.94. The predicted octanol–water partition coefficient (Wildman–Crippen LogP) is 2.24. The molecule has 0 radical (unpaired) electrons. The molecule has 1 aliphatic carbocycles. The summed E-state index contributed by atoms with van der Waals surface area (Å²) >= 11 is 0. The van der Waals surface area contributed by atoms with Crippen molar-refractivity contribution in [1.82, 2.24) is 10.6 Å². The zero-order valence-electron chi connectivity index (χ0n) is 14.2. The number of amides is 2. The molecule has 0 heterocycles. The number of rotatable bonds is 6. The van der Waals surface area contributed by atoms with E-state index in [1.807, 2.05) is 30.3 Å². The molecule has 1 saturated carbocycles. The maximum Gasteiger partial charge on any atom is 0.244 e. The molecule has 0 saturated heterocycles. The Hall–Kier alpha value is -1.59. The van der Waals surface area contributed by atoms with Gasteiger partial charge < -0.3 is 16.4 Å². The molecule has 134 valence electrons. The molecular weight excluding hydrogens is 326 g/mol. The summed E-state index contributed by atoms with van der Waals surface area (Å²) in [5, 5.41) is 5.81. The van der Waals surface area contributed by atoms with Crippen LogP contribution in [0.4, 0.5) is 0 Å². The summed E-state index contributed by atoms with van der Waals surface area (Å²) in [4.78, 5) is 24.2. The molecule has 5 nitrogen and oxygen atoms in total. The third kappa shape index (κ3) is 5.80. The third-order valence-corrected chi connectivity index (χ3v) is 4.45. The van der Waals surface area contributed by atoms with Crippen LogP contribution in [0, 0.1) is 0 Å². The van der Waals surface area contributed by atoms with Crippen molar-refractivity contribution >= 4 is 24.2 Å². The van der Waals surface area contributed by atoms with Crippen molar-refractivity contribution in [1.29, 1.82) is 0 Å². The molecule has 1 aromatic rings. The maximum absolute atomic E-state index is 12.3. The van der Waals surface area contributed by atoms with E-state index in [0.717, 1.165) is 18.4 Å². The van der Waals surface area contributed by atoms with E-state index in [0.29, 0.717) is 12.6 Å². The summed E-state index contributed by atoms with van der Waals surface area (Å²) in [5.41, 5.74) is 5.79. The van der Waals surface area contributed by atoms with E-state index in [9.17, 15) is 9.59 Å². The van der Waals surface area contributed by atoms with E-state index in [4.69, 9.17) is 5.73 Å². The normalized spacial score (nSPS) is 17.2. The van der Waals surface area contributed by atoms with E-state index >= 15 is 0 Å². The van der Waals surface area contributed by atoms with E-state index in [2.05, 4.69) is 10.6 Å². The third-order valence-electron chi connectivity index (χ3n) is 4.45. The maximum atomic E-state index is 12.3. The van der Waals surface area contributed by atoms with Crippen molar-refractivity contribution < 1.29 is 9.59 Å². The Morgan fingerprint density at radius 1 is 1.17 bits per heavy atom. The lowest BCUT2D eigenvalue weighted by atomic mass is 9.92. The summed E-state index contributed by atoms with van der Waals surface area (Å²) in [7, 11) is 0. The lowest BCUT2D eigenvalue weighted by Gasteiger charge is -2.25. The standard InChI is InChI=1S/C18H27N3O2.ClH/c1-18(19,14-8-4-2-5-9-14)17(23)20-13-12-16(22)21-15-10-6-3-7-11-15;/h2,4-5,8-9,15H,3,6-7,10-13,19H2,1H3,(H,20,23)(H,21,22);1H. The largest absolute Gasteiger partial charge is 0.354 e. The molecule has 0 aliphatic heterocycles. The van der Waals surface area contributed by atoms with Crippen LogP contribution in [0.2, 0.25) is 0 Å². The van der Waals surface area contributed by atoms with Crippen LogP contribution in [0.1, 0.15) is 51.0 Å². The zero-order chi connectivity index (χ0) is 16.7. The van der Waals surface area contributed by atoms with Gasteiger partial charge in [0.25, 0.3) is 0 Å². The fraction of sp³-hybridized carbons (Fsp3) is 0.556. The van der Waals surface area contributed by atoms with E-state index < -0.39 is 5.54 Å². The molecule has 0 bridgehead atoms. The van der Waals surface area contributed by atoms with Gasteiger partial charge in [-0.3, -0.25) is 9.59 Å². The highest BCUT2D eigenvalue weighted by Gasteiger charge is 2.30.